The Hall–Kier alpha value is -0.990. The highest BCUT2D eigenvalue weighted by Gasteiger charge is 2.13. The molecule has 0 unspecified atom stereocenters. The average Bonchev–Trinajstić information content (AvgIpc) is 2.72. The van der Waals surface area contributed by atoms with Gasteiger partial charge in [0.15, 0.2) is 0 Å². The topological polar surface area (TPSA) is 19.0 Å². The number of fused-ring (bicyclic) bond motifs is 1. The first-order valence-electron chi connectivity index (χ1n) is 6.90. The van der Waals surface area contributed by atoms with Crippen LogP contribution in [-0.4, -0.2) is 28.5 Å². The Morgan fingerprint density at radius 1 is 1.05 bits per heavy atom. The van der Waals surface area contributed by atoms with Crippen molar-refractivity contribution in [3.05, 3.63) is 36.0 Å². The predicted octanol–water partition coefficient (Wildman–Crippen LogP) is 4.25. The molecule has 0 bridgehead atoms. The van der Waals surface area contributed by atoms with Crippen LogP contribution in [0.2, 0.25) is 0 Å². The molecule has 2 rings (SSSR count). The standard InChI is InChI=1S/C16H24N2.ClH/c1-12(2)18(13(3)4)10-9-14-11-17-16-8-6-5-7-15(14)16;/h5-8,11-13,17H,9-10H2,1-4H3;1H. The Bertz CT molecular complexity index is 494. The zero-order valence-electron chi connectivity index (χ0n) is 12.3. The van der Waals surface area contributed by atoms with Crippen LogP contribution in [0.5, 0.6) is 0 Å². The molecule has 1 heterocycles. The summed E-state index contributed by atoms with van der Waals surface area (Å²) >= 11 is 0. The first kappa shape index (κ1) is 16.1. The van der Waals surface area contributed by atoms with Gasteiger partial charge in [-0.1, -0.05) is 18.2 Å². The van der Waals surface area contributed by atoms with Crippen molar-refractivity contribution >= 4 is 23.3 Å². The molecule has 19 heavy (non-hydrogen) atoms. The van der Waals surface area contributed by atoms with Crippen molar-refractivity contribution in [3.8, 4) is 0 Å². The summed E-state index contributed by atoms with van der Waals surface area (Å²) in [7, 11) is 0. The Morgan fingerprint density at radius 3 is 2.32 bits per heavy atom. The molecule has 0 aliphatic rings. The number of hydrogen-bond donors (Lipinski definition) is 1. The fourth-order valence-electron chi connectivity index (χ4n) is 2.70. The van der Waals surface area contributed by atoms with E-state index in [-0.39, 0.29) is 12.4 Å². The van der Waals surface area contributed by atoms with Gasteiger partial charge in [-0.25, -0.2) is 0 Å². The lowest BCUT2D eigenvalue weighted by molar-refractivity contribution is 0.177. The van der Waals surface area contributed by atoms with Crippen LogP contribution in [0.3, 0.4) is 0 Å². The number of para-hydroxylation sites is 1. The summed E-state index contributed by atoms with van der Waals surface area (Å²) in [6, 6.07) is 9.75. The number of nitrogens with one attached hydrogen (secondary N) is 1. The molecule has 0 amide bonds. The summed E-state index contributed by atoms with van der Waals surface area (Å²) in [5, 5.41) is 1.37. The predicted molar refractivity (Wildman–Crippen MR) is 86.2 cm³/mol. The molecule has 1 aromatic heterocycles. The summed E-state index contributed by atoms with van der Waals surface area (Å²) < 4.78 is 0. The highest BCUT2D eigenvalue weighted by Crippen LogP contribution is 2.19. The van der Waals surface area contributed by atoms with E-state index in [4.69, 9.17) is 0 Å². The smallest absolute Gasteiger partial charge is 0.0456 e. The van der Waals surface area contributed by atoms with Crippen molar-refractivity contribution < 1.29 is 0 Å². The molecule has 0 fully saturated rings. The third-order valence-corrected chi connectivity index (χ3v) is 3.64. The minimum absolute atomic E-state index is 0. The van der Waals surface area contributed by atoms with Gasteiger partial charge in [0.1, 0.15) is 0 Å². The molecule has 0 aliphatic carbocycles. The van der Waals surface area contributed by atoms with Gasteiger partial charge < -0.3 is 4.98 Å². The molecule has 2 aromatic rings. The minimum Gasteiger partial charge on any atom is -0.361 e. The summed E-state index contributed by atoms with van der Waals surface area (Å²) in [6.45, 7) is 10.2. The third kappa shape index (κ3) is 3.74. The van der Waals surface area contributed by atoms with Gasteiger partial charge >= 0.3 is 0 Å². The number of aromatic amines is 1. The molecule has 0 saturated carbocycles. The van der Waals surface area contributed by atoms with E-state index in [0.717, 1.165) is 13.0 Å². The molecule has 2 nitrogen and oxygen atoms in total. The summed E-state index contributed by atoms with van der Waals surface area (Å²) in [5.74, 6) is 0. The first-order valence-corrected chi connectivity index (χ1v) is 6.90. The summed E-state index contributed by atoms with van der Waals surface area (Å²) in [6.07, 6.45) is 3.27. The van der Waals surface area contributed by atoms with Gasteiger partial charge in [-0.05, 0) is 45.7 Å². The van der Waals surface area contributed by atoms with Crippen molar-refractivity contribution in [1.82, 2.24) is 9.88 Å². The lowest BCUT2D eigenvalue weighted by atomic mass is 10.1. The number of benzene rings is 1. The molecule has 0 aliphatic heterocycles. The third-order valence-electron chi connectivity index (χ3n) is 3.64. The van der Waals surface area contributed by atoms with Gasteiger partial charge in [-0.15, -0.1) is 12.4 Å². The summed E-state index contributed by atoms with van der Waals surface area (Å²) in [4.78, 5) is 5.90. The molecule has 0 atom stereocenters. The molecule has 0 radical (unpaired) electrons. The van der Waals surface area contributed by atoms with Crippen LogP contribution >= 0.6 is 12.4 Å². The van der Waals surface area contributed by atoms with Crippen molar-refractivity contribution in [2.75, 3.05) is 6.54 Å². The highest BCUT2D eigenvalue weighted by atomic mass is 35.5. The SMILES string of the molecule is CC(C)N(CCc1c[nH]c2ccccc12)C(C)C.Cl. The van der Waals surface area contributed by atoms with Crippen LogP contribution in [0.25, 0.3) is 10.9 Å². The van der Waals surface area contributed by atoms with E-state index >= 15 is 0 Å². The molecular formula is C16H25ClN2. The lowest BCUT2D eigenvalue weighted by Crippen LogP contribution is -2.38. The second kappa shape index (κ2) is 6.97. The van der Waals surface area contributed by atoms with E-state index in [1.54, 1.807) is 0 Å². The number of rotatable bonds is 5. The van der Waals surface area contributed by atoms with Gasteiger partial charge in [0.25, 0.3) is 0 Å². The zero-order chi connectivity index (χ0) is 13.1. The van der Waals surface area contributed by atoms with Gasteiger partial charge in [0.05, 0.1) is 0 Å². The van der Waals surface area contributed by atoms with Gasteiger partial charge in [-0.3, -0.25) is 4.90 Å². The normalized spacial score (nSPS) is 11.5. The van der Waals surface area contributed by atoms with Crippen molar-refractivity contribution in [2.24, 2.45) is 0 Å². The van der Waals surface area contributed by atoms with Crippen molar-refractivity contribution in [2.45, 2.75) is 46.2 Å². The fourth-order valence-corrected chi connectivity index (χ4v) is 2.70. The first-order chi connectivity index (χ1) is 8.59. The number of nitrogens with zero attached hydrogens (tertiary/aromatic N) is 1. The maximum absolute atomic E-state index is 3.35. The largest absolute Gasteiger partial charge is 0.361 e. The molecule has 1 aromatic carbocycles. The Balaban J connectivity index is 0.00000180. The van der Waals surface area contributed by atoms with Crippen LogP contribution in [-0.2, 0) is 6.42 Å². The quantitative estimate of drug-likeness (QED) is 0.867. The van der Waals surface area contributed by atoms with Gasteiger partial charge in [0, 0.05) is 35.7 Å². The van der Waals surface area contributed by atoms with E-state index in [1.165, 1.54) is 16.5 Å². The Labute approximate surface area is 122 Å². The maximum atomic E-state index is 3.35. The molecule has 1 N–H and O–H groups in total. The van der Waals surface area contributed by atoms with Crippen molar-refractivity contribution in [3.63, 3.8) is 0 Å². The second-order valence-corrected chi connectivity index (χ2v) is 5.53. The van der Waals surface area contributed by atoms with Crippen LogP contribution in [0.4, 0.5) is 0 Å². The zero-order valence-corrected chi connectivity index (χ0v) is 13.1. The Kier molecular flexibility index (Phi) is 5.89. The minimum atomic E-state index is 0. The van der Waals surface area contributed by atoms with Crippen LogP contribution < -0.4 is 0 Å². The fraction of sp³-hybridized carbons (Fsp3) is 0.500. The summed E-state index contributed by atoms with van der Waals surface area (Å²) in [5.41, 5.74) is 2.67. The molecule has 106 valence electrons. The number of H-pyrrole nitrogens is 1. The van der Waals surface area contributed by atoms with Crippen molar-refractivity contribution in [1.29, 1.82) is 0 Å². The molecule has 0 saturated heterocycles. The van der Waals surface area contributed by atoms with Crippen LogP contribution in [0, 0.1) is 0 Å². The highest BCUT2D eigenvalue weighted by molar-refractivity contribution is 5.85. The molecule has 3 heteroatoms. The number of hydrogen-bond acceptors (Lipinski definition) is 1. The van der Waals surface area contributed by atoms with Crippen LogP contribution in [0.1, 0.15) is 33.3 Å². The molecular weight excluding hydrogens is 256 g/mol. The molecule has 0 spiro atoms. The monoisotopic (exact) mass is 280 g/mol. The lowest BCUT2D eigenvalue weighted by Gasteiger charge is -2.30. The van der Waals surface area contributed by atoms with E-state index < -0.39 is 0 Å². The maximum Gasteiger partial charge on any atom is 0.0456 e. The Morgan fingerprint density at radius 2 is 1.68 bits per heavy atom. The van der Waals surface area contributed by atoms with E-state index in [1.807, 2.05) is 0 Å². The average molecular weight is 281 g/mol. The van der Waals surface area contributed by atoms with Gasteiger partial charge in [0.2, 0.25) is 0 Å². The van der Waals surface area contributed by atoms with E-state index in [0.29, 0.717) is 12.1 Å². The van der Waals surface area contributed by atoms with Gasteiger partial charge in [-0.2, -0.15) is 0 Å². The second-order valence-electron chi connectivity index (χ2n) is 5.53. The van der Waals surface area contributed by atoms with Crippen LogP contribution in [0.15, 0.2) is 30.5 Å². The van der Waals surface area contributed by atoms with E-state index in [9.17, 15) is 0 Å². The number of aromatic nitrogens is 1. The van der Waals surface area contributed by atoms with E-state index in [2.05, 4.69) is 68.0 Å². The number of halogens is 1.